The smallest absolute Gasteiger partial charge is 0.258 e. The molecule has 2 N–H and O–H groups in total. The Morgan fingerprint density at radius 2 is 1.68 bits per heavy atom. The molecule has 3 heterocycles. The van der Waals surface area contributed by atoms with Gasteiger partial charge in [0, 0.05) is 68.2 Å². The molecule has 1 saturated carbocycles. The van der Waals surface area contributed by atoms with Crippen LogP contribution in [0.4, 0.5) is 14.7 Å². The highest BCUT2D eigenvalue weighted by Crippen LogP contribution is 2.37. The number of piperazine rings is 1. The predicted molar refractivity (Wildman–Crippen MR) is 148 cm³/mol. The van der Waals surface area contributed by atoms with Crippen LogP contribution in [0.1, 0.15) is 58.1 Å². The molecule has 2 aliphatic rings. The molecule has 1 atom stereocenters. The monoisotopic (exact) mass is 526 g/mol. The Balaban J connectivity index is 1.39. The maximum Gasteiger partial charge on any atom is 0.258 e. The first kappa shape index (κ1) is 27.0. The number of halogens is 2. The van der Waals surface area contributed by atoms with Gasteiger partial charge in [-0.3, -0.25) is 9.80 Å². The number of aliphatic hydroxyl groups excluding tert-OH is 1. The Morgan fingerprint density at radius 3 is 2.32 bits per heavy atom. The minimum atomic E-state index is -2.51. The van der Waals surface area contributed by atoms with E-state index in [9.17, 15) is 13.9 Å². The zero-order valence-electron chi connectivity index (χ0n) is 22.7. The Bertz CT molecular complexity index is 1200. The molecule has 1 aliphatic carbocycles. The summed E-state index contributed by atoms with van der Waals surface area (Å²) in [6.07, 6.45) is 4.32. The summed E-state index contributed by atoms with van der Waals surface area (Å²) in [4.78, 5) is 14.1. The van der Waals surface area contributed by atoms with Gasteiger partial charge < -0.3 is 15.0 Å². The third-order valence-corrected chi connectivity index (χ3v) is 8.17. The molecule has 0 amide bonds. The van der Waals surface area contributed by atoms with Crippen molar-refractivity contribution in [2.75, 3.05) is 31.5 Å². The van der Waals surface area contributed by atoms with E-state index in [0.29, 0.717) is 6.04 Å². The number of nitrogens with one attached hydrogen (secondary N) is 1. The van der Waals surface area contributed by atoms with Crippen molar-refractivity contribution < 1.29 is 13.9 Å². The summed E-state index contributed by atoms with van der Waals surface area (Å²) in [6.45, 7) is 11.3. The molecule has 2 aromatic heterocycles. The Hall–Kier alpha value is -2.62. The molecule has 1 aliphatic heterocycles. The molecule has 0 radical (unpaired) electrons. The number of rotatable bonds is 8. The van der Waals surface area contributed by atoms with Crippen molar-refractivity contribution in [3.05, 3.63) is 42.2 Å². The Morgan fingerprint density at radius 1 is 1.00 bits per heavy atom. The average molecular weight is 527 g/mol. The molecule has 5 rings (SSSR count). The van der Waals surface area contributed by atoms with Gasteiger partial charge in [0.25, 0.3) is 6.43 Å². The van der Waals surface area contributed by atoms with Crippen LogP contribution >= 0.6 is 0 Å². The molecule has 0 spiro atoms. The average Bonchev–Trinajstić information content (AvgIpc) is 3.28. The van der Waals surface area contributed by atoms with Gasteiger partial charge >= 0.3 is 0 Å². The summed E-state index contributed by atoms with van der Waals surface area (Å²) in [6, 6.07) is 8.48. The zero-order valence-corrected chi connectivity index (χ0v) is 22.7. The van der Waals surface area contributed by atoms with Crippen molar-refractivity contribution in [1.82, 2.24) is 24.3 Å². The van der Waals surface area contributed by atoms with Gasteiger partial charge in [0.05, 0.1) is 12.1 Å². The number of aliphatic hydroxyl groups is 1. The third kappa shape index (κ3) is 6.00. The lowest BCUT2D eigenvalue weighted by atomic mass is 9.93. The lowest BCUT2D eigenvalue weighted by molar-refractivity contribution is 0.104. The van der Waals surface area contributed by atoms with Gasteiger partial charge in [-0.05, 0) is 57.6 Å². The van der Waals surface area contributed by atoms with Crippen LogP contribution in [0.15, 0.2) is 36.7 Å². The lowest BCUT2D eigenvalue weighted by Gasteiger charge is -2.36. The second kappa shape index (κ2) is 11.6. The van der Waals surface area contributed by atoms with E-state index in [4.69, 9.17) is 0 Å². The summed E-state index contributed by atoms with van der Waals surface area (Å²) in [7, 11) is 0. The molecule has 0 unspecified atom stereocenters. The fourth-order valence-corrected chi connectivity index (χ4v) is 5.70. The molecular formula is C29H40F2N6O. The highest BCUT2D eigenvalue weighted by Gasteiger charge is 2.25. The number of hydrogen-bond donors (Lipinski definition) is 2. The van der Waals surface area contributed by atoms with E-state index in [1.165, 1.54) is 12.5 Å². The molecule has 2 fully saturated rings. The normalized spacial score (nSPS) is 22.4. The summed E-state index contributed by atoms with van der Waals surface area (Å²) in [5.41, 5.74) is 4.16. The molecule has 3 aromatic rings. The Kier molecular flexibility index (Phi) is 8.26. The molecule has 1 saturated heterocycles. The maximum absolute atomic E-state index is 13.1. The van der Waals surface area contributed by atoms with Gasteiger partial charge in [-0.25, -0.2) is 13.8 Å². The highest BCUT2D eigenvalue weighted by molar-refractivity contribution is 5.94. The van der Waals surface area contributed by atoms with Gasteiger partial charge in [0.2, 0.25) is 5.95 Å². The maximum atomic E-state index is 13.1. The topological polar surface area (TPSA) is 69.5 Å². The number of aromatic nitrogens is 3. The number of benzene rings is 1. The van der Waals surface area contributed by atoms with Crippen LogP contribution in [0, 0.1) is 0 Å². The van der Waals surface area contributed by atoms with Crippen molar-refractivity contribution in [2.24, 2.45) is 0 Å². The standard InChI is InChI=1S/C29H40F2N6O/c1-19(2)36-14-12-35(13-15-36)17-21-4-6-22(7-5-21)26-18-37(23-8-10-24(38)11-9-23)28-25(26)16-32-29(34-28)33-20(3)27(30)31/h4-7,16,18-20,23-24,27,38H,8-15,17H2,1-3H3,(H,32,33,34)/t20-,23?,24?/m0/s1. The summed E-state index contributed by atoms with van der Waals surface area (Å²) < 4.78 is 28.4. The molecule has 0 bridgehead atoms. The van der Waals surface area contributed by atoms with Gasteiger partial charge in [-0.1, -0.05) is 24.3 Å². The first-order valence-corrected chi connectivity index (χ1v) is 13.9. The van der Waals surface area contributed by atoms with Gasteiger partial charge in [0.15, 0.2) is 0 Å². The fraction of sp³-hybridized carbons (Fsp3) is 0.586. The molecular weight excluding hydrogens is 486 g/mol. The van der Waals surface area contributed by atoms with Crippen LogP contribution in [0.25, 0.3) is 22.2 Å². The molecule has 9 heteroatoms. The lowest BCUT2D eigenvalue weighted by Crippen LogP contribution is -2.48. The van der Waals surface area contributed by atoms with Crippen LogP contribution in [0.3, 0.4) is 0 Å². The van der Waals surface area contributed by atoms with E-state index in [2.05, 4.69) is 74.0 Å². The molecule has 38 heavy (non-hydrogen) atoms. The Labute approximate surface area is 223 Å². The second-order valence-electron chi connectivity index (χ2n) is 11.2. The van der Waals surface area contributed by atoms with Crippen molar-refractivity contribution in [3.8, 4) is 11.1 Å². The van der Waals surface area contributed by atoms with E-state index >= 15 is 0 Å². The first-order chi connectivity index (χ1) is 18.3. The molecule has 7 nitrogen and oxygen atoms in total. The van der Waals surface area contributed by atoms with Crippen molar-refractivity contribution in [3.63, 3.8) is 0 Å². The van der Waals surface area contributed by atoms with Crippen LogP contribution in [-0.2, 0) is 6.54 Å². The number of nitrogens with zero attached hydrogens (tertiary/aromatic N) is 5. The van der Waals surface area contributed by atoms with Gasteiger partial charge in [-0.15, -0.1) is 0 Å². The molecule has 206 valence electrons. The number of anilines is 1. The van der Waals surface area contributed by atoms with E-state index in [1.807, 2.05) is 0 Å². The summed E-state index contributed by atoms with van der Waals surface area (Å²) in [5.74, 6) is 0.208. The summed E-state index contributed by atoms with van der Waals surface area (Å²) in [5, 5.41) is 13.7. The minimum Gasteiger partial charge on any atom is -0.393 e. The third-order valence-electron chi connectivity index (χ3n) is 8.17. The molecule has 1 aromatic carbocycles. The van der Waals surface area contributed by atoms with Crippen molar-refractivity contribution >= 4 is 17.0 Å². The van der Waals surface area contributed by atoms with Crippen molar-refractivity contribution in [1.29, 1.82) is 0 Å². The fourth-order valence-electron chi connectivity index (χ4n) is 5.70. The number of hydrogen-bond acceptors (Lipinski definition) is 6. The van der Waals surface area contributed by atoms with Gasteiger partial charge in [-0.2, -0.15) is 4.98 Å². The van der Waals surface area contributed by atoms with E-state index < -0.39 is 12.5 Å². The number of alkyl halides is 2. The highest BCUT2D eigenvalue weighted by atomic mass is 19.3. The second-order valence-corrected chi connectivity index (χ2v) is 11.2. The van der Waals surface area contributed by atoms with Gasteiger partial charge in [0.1, 0.15) is 5.65 Å². The van der Waals surface area contributed by atoms with Crippen LogP contribution in [0.5, 0.6) is 0 Å². The van der Waals surface area contributed by atoms with E-state index in [1.54, 1.807) is 6.20 Å². The van der Waals surface area contributed by atoms with Crippen LogP contribution in [-0.4, -0.2) is 80.2 Å². The summed E-state index contributed by atoms with van der Waals surface area (Å²) >= 11 is 0. The SMILES string of the molecule is CC(C)N1CCN(Cc2ccc(-c3cn(C4CCC(O)CC4)c4nc(N[C@@H](C)C(F)F)ncc34)cc2)CC1. The van der Waals surface area contributed by atoms with E-state index in [0.717, 1.165) is 80.6 Å². The minimum absolute atomic E-state index is 0.203. The first-order valence-electron chi connectivity index (χ1n) is 13.9. The predicted octanol–water partition coefficient (Wildman–Crippen LogP) is 5.17. The number of fused-ring (bicyclic) bond motifs is 1. The largest absolute Gasteiger partial charge is 0.393 e. The van der Waals surface area contributed by atoms with Crippen molar-refractivity contribution in [2.45, 2.75) is 83.7 Å². The van der Waals surface area contributed by atoms with Crippen LogP contribution < -0.4 is 5.32 Å². The zero-order chi connectivity index (χ0) is 26.8. The quantitative estimate of drug-likeness (QED) is 0.422. The van der Waals surface area contributed by atoms with E-state index in [-0.39, 0.29) is 18.1 Å². The van der Waals surface area contributed by atoms with Crippen LogP contribution in [0.2, 0.25) is 0 Å².